The second kappa shape index (κ2) is 9.30. The van der Waals surface area contributed by atoms with Gasteiger partial charge in [0.25, 0.3) is 0 Å². The summed E-state index contributed by atoms with van der Waals surface area (Å²) in [5.41, 5.74) is 3.09. The summed E-state index contributed by atoms with van der Waals surface area (Å²) in [6, 6.07) is 13.9. The molecule has 0 radical (unpaired) electrons. The lowest BCUT2D eigenvalue weighted by Crippen LogP contribution is -2.49. The lowest BCUT2D eigenvalue weighted by atomic mass is 10.1. The van der Waals surface area contributed by atoms with E-state index < -0.39 is 22.0 Å². The first-order valence-electron chi connectivity index (χ1n) is 9.92. The smallest absolute Gasteiger partial charge is 0.246 e. The molecule has 8 nitrogen and oxygen atoms in total. The fraction of sp³-hybridized carbons (Fsp3) is 0.318. The summed E-state index contributed by atoms with van der Waals surface area (Å²) in [6.07, 6.45) is 1.40. The van der Waals surface area contributed by atoms with Crippen LogP contribution in [0.25, 0.3) is 11.4 Å². The lowest BCUT2D eigenvalue weighted by molar-refractivity contribution is -0.122. The highest BCUT2D eigenvalue weighted by molar-refractivity contribution is 7.92. The van der Waals surface area contributed by atoms with Crippen LogP contribution in [0.3, 0.4) is 0 Å². The molecule has 0 aliphatic carbocycles. The van der Waals surface area contributed by atoms with E-state index in [4.69, 9.17) is 4.52 Å². The van der Waals surface area contributed by atoms with Crippen LogP contribution in [0, 0.1) is 13.8 Å². The Hall–Kier alpha value is -3.20. The van der Waals surface area contributed by atoms with Crippen LogP contribution in [-0.2, 0) is 21.4 Å². The molecule has 3 rings (SSSR count). The van der Waals surface area contributed by atoms with Crippen LogP contribution >= 0.6 is 0 Å². The Balaban J connectivity index is 1.79. The Labute approximate surface area is 182 Å². The molecule has 0 aliphatic heterocycles. The van der Waals surface area contributed by atoms with Crippen LogP contribution in [0.2, 0.25) is 0 Å². The highest BCUT2D eigenvalue weighted by Crippen LogP contribution is 2.25. The molecule has 31 heavy (non-hydrogen) atoms. The predicted molar refractivity (Wildman–Crippen MR) is 119 cm³/mol. The Morgan fingerprint density at radius 1 is 1.13 bits per heavy atom. The van der Waals surface area contributed by atoms with Crippen molar-refractivity contribution < 1.29 is 17.7 Å². The molecule has 0 bridgehead atoms. The van der Waals surface area contributed by atoms with Gasteiger partial charge in [-0.05, 0) is 43.5 Å². The van der Waals surface area contributed by atoms with Gasteiger partial charge in [-0.2, -0.15) is 4.98 Å². The fourth-order valence-corrected chi connectivity index (χ4v) is 4.65. The van der Waals surface area contributed by atoms with Crippen LogP contribution in [0.5, 0.6) is 0 Å². The van der Waals surface area contributed by atoms with Crippen molar-refractivity contribution in [2.45, 2.75) is 39.8 Å². The lowest BCUT2D eigenvalue weighted by Gasteiger charge is -2.30. The van der Waals surface area contributed by atoms with Gasteiger partial charge in [-0.3, -0.25) is 9.10 Å². The van der Waals surface area contributed by atoms with Crippen molar-refractivity contribution in [3.05, 3.63) is 65.5 Å². The number of benzene rings is 2. The Morgan fingerprint density at radius 2 is 1.77 bits per heavy atom. The number of sulfonamides is 1. The van der Waals surface area contributed by atoms with E-state index in [-0.39, 0.29) is 12.4 Å². The summed E-state index contributed by atoms with van der Waals surface area (Å²) in [5, 5.41) is 6.65. The first kappa shape index (κ1) is 22.5. The number of nitrogens with one attached hydrogen (secondary N) is 1. The maximum Gasteiger partial charge on any atom is 0.246 e. The predicted octanol–water partition coefficient (Wildman–Crippen LogP) is 3.21. The van der Waals surface area contributed by atoms with E-state index >= 15 is 0 Å². The van der Waals surface area contributed by atoms with Crippen LogP contribution in [0.15, 0.2) is 53.1 Å². The Morgan fingerprint density at radius 3 is 2.35 bits per heavy atom. The molecule has 0 aliphatic rings. The third-order valence-corrected chi connectivity index (χ3v) is 5.88. The summed E-state index contributed by atoms with van der Waals surface area (Å²) < 4.78 is 31.6. The molecule has 0 saturated carbocycles. The molecule has 0 fully saturated rings. The molecule has 3 aromatic rings. The Kier molecular flexibility index (Phi) is 6.74. The number of amides is 1. The van der Waals surface area contributed by atoms with E-state index in [0.717, 1.165) is 22.9 Å². The van der Waals surface area contributed by atoms with Crippen molar-refractivity contribution in [2.75, 3.05) is 10.6 Å². The number of rotatable bonds is 8. The number of carbonyl (C=O) groups excluding carboxylic acids is 1. The molecule has 1 amide bonds. The van der Waals surface area contributed by atoms with E-state index in [0.29, 0.717) is 17.9 Å². The van der Waals surface area contributed by atoms with Crippen LogP contribution < -0.4 is 9.62 Å². The van der Waals surface area contributed by atoms with E-state index in [1.54, 1.807) is 19.1 Å². The van der Waals surface area contributed by atoms with Gasteiger partial charge in [-0.15, -0.1) is 0 Å². The molecule has 1 atom stereocenters. The van der Waals surface area contributed by atoms with E-state index in [1.165, 1.54) is 4.31 Å². The van der Waals surface area contributed by atoms with Gasteiger partial charge in [0.1, 0.15) is 6.04 Å². The quantitative estimate of drug-likeness (QED) is 0.574. The molecular formula is C22H26N4O4S. The van der Waals surface area contributed by atoms with Gasteiger partial charge in [0.2, 0.25) is 27.6 Å². The second-order valence-electron chi connectivity index (χ2n) is 7.42. The van der Waals surface area contributed by atoms with Crippen LogP contribution in [0.4, 0.5) is 5.69 Å². The first-order valence-corrected chi connectivity index (χ1v) is 11.8. The number of nitrogens with zero attached hydrogens (tertiary/aromatic N) is 3. The standard InChI is InChI=1S/C22H26N4O4S/c1-5-19(26(31(4,28)29)18-12-15(2)11-16(3)13-18)22(27)23-14-20-24-21(25-30-20)17-9-7-6-8-10-17/h6-13,19H,5,14H2,1-4H3,(H,23,27)/t19-/m0/s1. The number of hydrogen-bond acceptors (Lipinski definition) is 6. The SMILES string of the molecule is CC[C@@H](C(=O)NCc1nc(-c2ccccc2)no1)N(c1cc(C)cc(C)c1)S(C)(=O)=O. The number of aryl methyl sites for hydroxylation is 2. The van der Waals surface area contributed by atoms with Gasteiger partial charge in [0, 0.05) is 5.56 Å². The summed E-state index contributed by atoms with van der Waals surface area (Å²) >= 11 is 0. The molecule has 2 aromatic carbocycles. The summed E-state index contributed by atoms with van der Waals surface area (Å²) in [4.78, 5) is 17.2. The normalized spacial score (nSPS) is 12.4. The van der Waals surface area contributed by atoms with E-state index in [1.807, 2.05) is 50.2 Å². The first-order chi connectivity index (χ1) is 14.7. The minimum absolute atomic E-state index is 0.000383. The summed E-state index contributed by atoms with van der Waals surface area (Å²) in [7, 11) is -3.70. The third-order valence-electron chi connectivity index (χ3n) is 4.70. The highest BCUT2D eigenvalue weighted by Gasteiger charge is 2.31. The fourth-order valence-electron chi connectivity index (χ4n) is 3.45. The summed E-state index contributed by atoms with van der Waals surface area (Å²) in [6.45, 7) is 5.54. The third kappa shape index (κ3) is 5.49. The minimum atomic E-state index is -3.70. The molecular weight excluding hydrogens is 416 g/mol. The van der Waals surface area contributed by atoms with Crippen LogP contribution in [-0.4, -0.2) is 36.8 Å². The average Bonchev–Trinajstić information content (AvgIpc) is 3.18. The molecule has 0 spiro atoms. The minimum Gasteiger partial charge on any atom is -0.345 e. The topological polar surface area (TPSA) is 105 Å². The average molecular weight is 443 g/mol. The van der Waals surface area contributed by atoms with Gasteiger partial charge in [-0.25, -0.2) is 8.42 Å². The number of anilines is 1. The molecule has 0 unspecified atom stereocenters. The number of aromatic nitrogens is 2. The number of carbonyl (C=O) groups is 1. The second-order valence-corrected chi connectivity index (χ2v) is 9.28. The molecule has 0 saturated heterocycles. The molecule has 1 aromatic heterocycles. The van der Waals surface area contributed by atoms with E-state index in [2.05, 4.69) is 15.5 Å². The molecule has 1 heterocycles. The van der Waals surface area contributed by atoms with Crippen molar-refractivity contribution in [1.82, 2.24) is 15.5 Å². The van der Waals surface area contributed by atoms with Crippen molar-refractivity contribution in [1.29, 1.82) is 0 Å². The van der Waals surface area contributed by atoms with Gasteiger partial charge in [0.05, 0.1) is 18.5 Å². The van der Waals surface area contributed by atoms with Gasteiger partial charge in [-0.1, -0.05) is 48.5 Å². The monoisotopic (exact) mass is 442 g/mol. The van der Waals surface area contributed by atoms with Gasteiger partial charge >= 0.3 is 0 Å². The molecule has 9 heteroatoms. The van der Waals surface area contributed by atoms with Gasteiger partial charge in [0.15, 0.2) is 0 Å². The zero-order chi connectivity index (χ0) is 22.6. The van der Waals surface area contributed by atoms with Crippen molar-refractivity contribution in [2.24, 2.45) is 0 Å². The van der Waals surface area contributed by atoms with Crippen molar-refractivity contribution >= 4 is 21.6 Å². The maximum absolute atomic E-state index is 12.9. The highest BCUT2D eigenvalue weighted by atomic mass is 32.2. The summed E-state index contributed by atoms with van der Waals surface area (Å²) in [5.74, 6) is 0.218. The molecule has 1 N–H and O–H groups in total. The van der Waals surface area contributed by atoms with E-state index in [9.17, 15) is 13.2 Å². The van der Waals surface area contributed by atoms with Crippen molar-refractivity contribution in [3.8, 4) is 11.4 Å². The largest absolute Gasteiger partial charge is 0.345 e. The zero-order valence-electron chi connectivity index (χ0n) is 18.0. The Bertz CT molecular complexity index is 1140. The van der Waals surface area contributed by atoms with Crippen LogP contribution in [0.1, 0.15) is 30.4 Å². The molecule has 164 valence electrons. The maximum atomic E-state index is 12.9. The van der Waals surface area contributed by atoms with Crippen molar-refractivity contribution in [3.63, 3.8) is 0 Å². The number of hydrogen-bond donors (Lipinski definition) is 1. The van der Waals surface area contributed by atoms with Gasteiger partial charge < -0.3 is 9.84 Å². The zero-order valence-corrected chi connectivity index (χ0v) is 18.8.